The Kier molecular flexibility index (Phi) is 5.28. The van der Waals surface area contributed by atoms with Crippen molar-refractivity contribution in [3.63, 3.8) is 0 Å². The van der Waals surface area contributed by atoms with Crippen molar-refractivity contribution in [3.05, 3.63) is 40.5 Å². The van der Waals surface area contributed by atoms with Crippen LogP contribution in [0, 0.1) is 0 Å². The molecule has 0 saturated heterocycles. The molecule has 2 aromatic rings. The summed E-state index contributed by atoms with van der Waals surface area (Å²) < 4.78 is 5.10. The SMILES string of the molecule is COCC(C)Nc1nccc(-c2ccc(Cl)cc2Cl)c1N. The number of aromatic nitrogens is 1. The molecule has 0 spiro atoms. The van der Waals surface area contributed by atoms with Crippen molar-refractivity contribution in [2.24, 2.45) is 0 Å². The molecule has 4 nitrogen and oxygen atoms in total. The lowest BCUT2D eigenvalue weighted by atomic mass is 10.0. The molecule has 0 aliphatic carbocycles. The minimum atomic E-state index is 0.0979. The van der Waals surface area contributed by atoms with Gasteiger partial charge in [-0.3, -0.25) is 0 Å². The Morgan fingerprint density at radius 1 is 1.29 bits per heavy atom. The van der Waals surface area contributed by atoms with Gasteiger partial charge in [-0.15, -0.1) is 0 Å². The van der Waals surface area contributed by atoms with E-state index < -0.39 is 0 Å². The quantitative estimate of drug-likeness (QED) is 0.869. The van der Waals surface area contributed by atoms with Gasteiger partial charge in [0.1, 0.15) is 5.82 Å². The van der Waals surface area contributed by atoms with E-state index >= 15 is 0 Å². The minimum Gasteiger partial charge on any atom is -0.395 e. The van der Waals surface area contributed by atoms with Gasteiger partial charge < -0.3 is 15.8 Å². The number of nitrogens with zero attached hydrogens (tertiary/aromatic N) is 1. The minimum absolute atomic E-state index is 0.0979. The summed E-state index contributed by atoms with van der Waals surface area (Å²) in [5.74, 6) is 0.614. The first-order valence-corrected chi connectivity index (χ1v) is 7.24. The molecule has 0 bridgehead atoms. The molecule has 0 fully saturated rings. The number of hydrogen-bond donors (Lipinski definition) is 2. The highest BCUT2D eigenvalue weighted by atomic mass is 35.5. The third-order valence-corrected chi connectivity index (χ3v) is 3.56. The second kappa shape index (κ2) is 6.98. The number of nitrogens with one attached hydrogen (secondary N) is 1. The van der Waals surface area contributed by atoms with Gasteiger partial charge in [-0.1, -0.05) is 29.3 Å². The molecular formula is C15H17Cl2N3O. The summed E-state index contributed by atoms with van der Waals surface area (Å²) in [5.41, 5.74) is 8.40. The number of rotatable bonds is 5. The first kappa shape index (κ1) is 15.9. The standard InChI is InChI=1S/C15H17Cl2N3O/c1-9(8-21-2)20-15-14(18)12(5-6-19-15)11-4-3-10(16)7-13(11)17/h3-7,9H,8,18H2,1-2H3,(H,19,20). The largest absolute Gasteiger partial charge is 0.395 e. The molecule has 0 aliphatic heterocycles. The van der Waals surface area contributed by atoms with Crippen LogP contribution < -0.4 is 11.1 Å². The van der Waals surface area contributed by atoms with Crippen molar-refractivity contribution >= 4 is 34.7 Å². The second-order valence-corrected chi connectivity index (χ2v) is 5.59. The molecular weight excluding hydrogens is 309 g/mol. The summed E-state index contributed by atoms with van der Waals surface area (Å²) in [6, 6.07) is 7.25. The van der Waals surface area contributed by atoms with E-state index in [0.29, 0.717) is 28.2 Å². The van der Waals surface area contributed by atoms with Crippen LogP contribution in [0.25, 0.3) is 11.1 Å². The maximum absolute atomic E-state index is 6.24. The summed E-state index contributed by atoms with van der Waals surface area (Å²) >= 11 is 12.2. The zero-order chi connectivity index (χ0) is 15.4. The van der Waals surface area contributed by atoms with E-state index in [1.54, 1.807) is 25.4 Å². The number of pyridine rings is 1. The van der Waals surface area contributed by atoms with Crippen molar-refractivity contribution in [3.8, 4) is 11.1 Å². The summed E-state index contributed by atoms with van der Waals surface area (Å²) in [7, 11) is 1.65. The molecule has 3 N–H and O–H groups in total. The lowest BCUT2D eigenvalue weighted by Crippen LogP contribution is -2.22. The Morgan fingerprint density at radius 2 is 2.05 bits per heavy atom. The van der Waals surface area contributed by atoms with Crippen LogP contribution in [0.3, 0.4) is 0 Å². The fraction of sp³-hybridized carbons (Fsp3) is 0.267. The van der Waals surface area contributed by atoms with Crippen molar-refractivity contribution < 1.29 is 4.74 Å². The van der Waals surface area contributed by atoms with Crippen LogP contribution in [0.4, 0.5) is 11.5 Å². The normalized spacial score (nSPS) is 12.2. The van der Waals surface area contributed by atoms with Gasteiger partial charge in [0.15, 0.2) is 0 Å². The van der Waals surface area contributed by atoms with Gasteiger partial charge in [0.25, 0.3) is 0 Å². The van der Waals surface area contributed by atoms with E-state index in [0.717, 1.165) is 11.1 Å². The van der Waals surface area contributed by atoms with E-state index in [2.05, 4.69) is 10.3 Å². The first-order valence-electron chi connectivity index (χ1n) is 6.48. The van der Waals surface area contributed by atoms with E-state index in [9.17, 15) is 0 Å². The molecule has 0 radical (unpaired) electrons. The van der Waals surface area contributed by atoms with Crippen LogP contribution in [0.2, 0.25) is 10.0 Å². The maximum Gasteiger partial charge on any atom is 0.150 e. The van der Waals surface area contributed by atoms with Gasteiger partial charge in [0.05, 0.1) is 12.3 Å². The number of anilines is 2. The highest BCUT2D eigenvalue weighted by Gasteiger charge is 2.13. The van der Waals surface area contributed by atoms with Crippen LogP contribution in [-0.2, 0) is 4.74 Å². The molecule has 1 heterocycles. The molecule has 0 aliphatic rings. The average Bonchev–Trinajstić information content (AvgIpc) is 2.42. The second-order valence-electron chi connectivity index (χ2n) is 4.75. The zero-order valence-electron chi connectivity index (χ0n) is 11.9. The number of hydrogen-bond acceptors (Lipinski definition) is 4. The summed E-state index contributed by atoms with van der Waals surface area (Å²) in [6.07, 6.45) is 1.69. The Labute approximate surface area is 134 Å². The molecule has 2 rings (SSSR count). The maximum atomic E-state index is 6.24. The first-order chi connectivity index (χ1) is 10.0. The van der Waals surface area contributed by atoms with Crippen LogP contribution in [0.1, 0.15) is 6.92 Å². The van der Waals surface area contributed by atoms with Gasteiger partial charge in [-0.2, -0.15) is 0 Å². The number of nitrogens with two attached hydrogens (primary N) is 1. The van der Waals surface area contributed by atoms with Crippen molar-refractivity contribution in [1.29, 1.82) is 0 Å². The summed E-state index contributed by atoms with van der Waals surface area (Å²) in [5, 5.41) is 4.36. The fourth-order valence-corrected chi connectivity index (χ4v) is 2.57. The van der Waals surface area contributed by atoms with Gasteiger partial charge in [0.2, 0.25) is 0 Å². The third-order valence-electron chi connectivity index (χ3n) is 3.01. The Bertz CT molecular complexity index is 634. The highest BCUT2D eigenvalue weighted by molar-refractivity contribution is 6.36. The van der Waals surface area contributed by atoms with Gasteiger partial charge in [0, 0.05) is 40.5 Å². The predicted molar refractivity (Wildman–Crippen MR) is 89.1 cm³/mol. The number of benzene rings is 1. The summed E-state index contributed by atoms with van der Waals surface area (Å²) in [4.78, 5) is 4.27. The van der Waals surface area contributed by atoms with Crippen molar-refractivity contribution in [2.75, 3.05) is 24.8 Å². The van der Waals surface area contributed by atoms with Crippen molar-refractivity contribution in [2.45, 2.75) is 13.0 Å². The lowest BCUT2D eigenvalue weighted by molar-refractivity contribution is 0.190. The van der Waals surface area contributed by atoms with Gasteiger partial charge in [-0.05, 0) is 25.1 Å². The predicted octanol–water partition coefficient (Wildman–Crippen LogP) is 4.08. The molecule has 112 valence electrons. The van der Waals surface area contributed by atoms with Gasteiger partial charge in [-0.25, -0.2) is 4.98 Å². The number of methoxy groups -OCH3 is 1. The Hall–Kier alpha value is -1.49. The van der Waals surface area contributed by atoms with Crippen LogP contribution in [-0.4, -0.2) is 24.7 Å². The zero-order valence-corrected chi connectivity index (χ0v) is 13.4. The monoisotopic (exact) mass is 325 g/mol. The topological polar surface area (TPSA) is 60.2 Å². The fourth-order valence-electron chi connectivity index (χ4n) is 2.06. The van der Waals surface area contributed by atoms with Crippen molar-refractivity contribution in [1.82, 2.24) is 4.98 Å². The number of nitrogen functional groups attached to an aromatic ring is 1. The van der Waals surface area contributed by atoms with E-state index in [1.165, 1.54) is 0 Å². The molecule has 21 heavy (non-hydrogen) atoms. The van der Waals surface area contributed by atoms with Crippen LogP contribution >= 0.6 is 23.2 Å². The molecule has 0 amide bonds. The molecule has 1 aromatic heterocycles. The van der Waals surface area contributed by atoms with E-state index in [4.69, 9.17) is 33.7 Å². The molecule has 1 aromatic carbocycles. The molecule has 0 saturated carbocycles. The smallest absolute Gasteiger partial charge is 0.150 e. The van der Waals surface area contributed by atoms with Crippen LogP contribution in [0.5, 0.6) is 0 Å². The number of ether oxygens (including phenoxy) is 1. The average molecular weight is 326 g/mol. The lowest BCUT2D eigenvalue weighted by Gasteiger charge is -2.17. The van der Waals surface area contributed by atoms with Gasteiger partial charge >= 0.3 is 0 Å². The van der Waals surface area contributed by atoms with E-state index in [1.807, 2.05) is 19.1 Å². The molecule has 1 unspecified atom stereocenters. The third kappa shape index (κ3) is 3.79. The Balaban J connectivity index is 2.37. The summed E-state index contributed by atoms with van der Waals surface area (Å²) in [6.45, 7) is 2.56. The Morgan fingerprint density at radius 3 is 2.71 bits per heavy atom. The molecule has 6 heteroatoms. The number of halogens is 2. The van der Waals surface area contributed by atoms with Crippen LogP contribution in [0.15, 0.2) is 30.5 Å². The van der Waals surface area contributed by atoms with E-state index in [-0.39, 0.29) is 6.04 Å². The molecule has 1 atom stereocenters. The highest BCUT2D eigenvalue weighted by Crippen LogP contribution is 2.36.